The molecule has 2 rings (SSSR count). The summed E-state index contributed by atoms with van der Waals surface area (Å²) in [6, 6.07) is 4.64. The number of carbonyl (C=O) groups is 1. The summed E-state index contributed by atoms with van der Waals surface area (Å²) in [6.45, 7) is 0. The second-order valence-corrected chi connectivity index (χ2v) is 5.18. The Balaban J connectivity index is 2.43. The van der Waals surface area contributed by atoms with Crippen LogP contribution >= 0.6 is 35.0 Å². The largest absolute Gasteiger partial charge is 0.481 e. The highest BCUT2D eigenvalue weighted by Gasteiger charge is 2.13. The number of aromatic nitrogens is 3. The molecule has 1 aromatic heterocycles. The topological polar surface area (TPSA) is 88.0 Å². The Bertz CT molecular complexity index is 683. The first-order chi connectivity index (χ1) is 8.99. The van der Waals surface area contributed by atoms with Crippen LogP contribution in [0.5, 0.6) is 0 Å². The number of aliphatic carboxylic acids is 1. The maximum atomic E-state index is 11.7. The van der Waals surface area contributed by atoms with Gasteiger partial charge in [-0.15, -0.1) is 5.10 Å². The molecule has 100 valence electrons. The molecule has 19 heavy (non-hydrogen) atoms. The first kappa shape index (κ1) is 14.0. The summed E-state index contributed by atoms with van der Waals surface area (Å²) in [5.41, 5.74) is -0.0210. The van der Waals surface area contributed by atoms with Gasteiger partial charge in [0.2, 0.25) is 0 Å². The van der Waals surface area contributed by atoms with Crippen LogP contribution in [0.15, 0.2) is 28.2 Å². The molecule has 1 heterocycles. The smallest absolute Gasteiger partial charge is 0.348 e. The molecule has 0 radical (unpaired) electrons. The minimum Gasteiger partial charge on any atom is -0.481 e. The number of aromatic amines is 1. The Morgan fingerprint density at radius 3 is 2.79 bits per heavy atom. The van der Waals surface area contributed by atoms with E-state index < -0.39 is 11.7 Å². The van der Waals surface area contributed by atoms with Gasteiger partial charge in [0, 0.05) is 0 Å². The van der Waals surface area contributed by atoms with E-state index in [1.54, 1.807) is 12.1 Å². The van der Waals surface area contributed by atoms with E-state index in [1.807, 2.05) is 0 Å². The molecule has 0 saturated heterocycles. The molecule has 9 heteroatoms. The summed E-state index contributed by atoms with van der Waals surface area (Å²) >= 11 is 12.6. The van der Waals surface area contributed by atoms with Crippen molar-refractivity contribution in [2.45, 2.75) is 5.16 Å². The minimum absolute atomic E-state index is 0.203. The van der Waals surface area contributed by atoms with Gasteiger partial charge in [0.1, 0.15) is 0 Å². The number of carboxylic acids is 1. The molecule has 0 bridgehead atoms. The van der Waals surface area contributed by atoms with Crippen molar-refractivity contribution in [2.24, 2.45) is 0 Å². The number of hydrogen-bond donors (Lipinski definition) is 2. The lowest BCUT2D eigenvalue weighted by Crippen LogP contribution is -2.15. The average Bonchev–Trinajstić information content (AvgIpc) is 2.71. The maximum Gasteiger partial charge on any atom is 0.348 e. The van der Waals surface area contributed by atoms with Crippen molar-refractivity contribution in [3.05, 3.63) is 38.7 Å². The normalized spacial score (nSPS) is 10.6. The fourth-order valence-electron chi connectivity index (χ4n) is 1.36. The van der Waals surface area contributed by atoms with E-state index >= 15 is 0 Å². The van der Waals surface area contributed by atoms with Crippen LogP contribution in [0.4, 0.5) is 0 Å². The third-order valence-corrected chi connectivity index (χ3v) is 3.79. The van der Waals surface area contributed by atoms with Gasteiger partial charge in [0.25, 0.3) is 0 Å². The molecule has 2 aromatic rings. The van der Waals surface area contributed by atoms with Crippen molar-refractivity contribution in [1.29, 1.82) is 0 Å². The molecule has 2 N–H and O–H groups in total. The van der Waals surface area contributed by atoms with Gasteiger partial charge in [-0.3, -0.25) is 4.79 Å². The predicted molar refractivity (Wildman–Crippen MR) is 72.6 cm³/mol. The van der Waals surface area contributed by atoms with E-state index in [4.69, 9.17) is 28.3 Å². The Morgan fingerprint density at radius 2 is 2.16 bits per heavy atom. The van der Waals surface area contributed by atoms with E-state index in [-0.39, 0.29) is 10.9 Å². The summed E-state index contributed by atoms with van der Waals surface area (Å²) < 4.78 is 1.23. The van der Waals surface area contributed by atoms with Gasteiger partial charge in [0.05, 0.1) is 21.5 Å². The summed E-state index contributed by atoms with van der Waals surface area (Å²) in [6.07, 6.45) is 0. The van der Waals surface area contributed by atoms with E-state index in [2.05, 4.69) is 10.2 Å². The number of nitrogens with one attached hydrogen (secondary N) is 1. The Kier molecular flexibility index (Phi) is 4.18. The second-order valence-electron chi connectivity index (χ2n) is 3.43. The van der Waals surface area contributed by atoms with Crippen molar-refractivity contribution < 1.29 is 9.90 Å². The zero-order valence-corrected chi connectivity index (χ0v) is 11.6. The predicted octanol–water partition coefficient (Wildman–Crippen LogP) is 2.04. The average molecular weight is 320 g/mol. The van der Waals surface area contributed by atoms with Crippen molar-refractivity contribution in [3.8, 4) is 5.69 Å². The Hall–Kier alpha value is -1.44. The van der Waals surface area contributed by atoms with Gasteiger partial charge >= 0.3 is 11.7 Å². The second kappa shape index (κ2) is 5.68. The van der Waals surface area contributed by atoms with E-state index in [0.29, 0.717) is 15.7 Å². The van der Waals surface area contributed by atoms with Crippen molar-refractivity contribution >= 4 is 40.9 Å². The molecule has 6 nitrogen and oxygen atoms in total. The van der Waals surface area contributed by atoms with E-state index in [1.165, 1.54) is 10.6 Å². The van der Waals surface area contributed by atoms with Crippen LogP contribution in [0.1, 0.15) is 0 Å². The van der Waals surface area contributed by atoms with Crippen molar-refractivity contribution in [1.82, 2.24) is 14.8 Å². The van der Waals surface area contributed by atoms with E-state index in [0.717, 1.165) is 11.8 Å². The highest BCUT2D eigenvalue weighted by molar-refractivity contribution is 7.99. The van der Waals surface area contributed by atoms with Crippen LogP contribution in [-0.2, 0) is 4.79 Å². The number of benzene rings is 1. The molecule has 0 aliphatic rings. The number of hydrogen-bond acceptors (Lipinski definition) is 4. The summed E-state index contributed by atoms with van der Waals surface area (Å²) in [5.74, 6) is -1.20. The molecular weight excluding hydrogens is 313 g/mol. The lowest BCUT2D eigenvalue weighted by Gasteiger charge is -2.05. The van der Waals surface area contributed by atoms with Crippen LogP contribution in [0.2, 0.25) is 10.0 Å². The number of H-pyrrole nitrogens is 1. The van der Waals surface area contributed by atoms with Gasteiger partial charge in [-0.25, -0.2) is 14.5 Å². The number of thioether (sulfide) groups is 1. The zero-order valence-electron chi connectivity index (χ0n) is 9.26. The number of halogens is 2. The summed E-state index contributed by atoms with van der Waals surface area (Å²) in [7, 11) is 0. The molecule has 0 unspecified atom stereocenters. The third kappa shape index (κ3) is 3.12. The standard InChI is InChI=1S/C10H7Cl2N3O3S/c11-6-2-1-5(3-7(6)12)15-9(18)13-14-10(15)19-4-8(16)17/h1-3H,4H2,(H,13,18)(H,16,17). The van der Waals surface area contributed by atoms with Gasteiger partial charge in [-0.1, -0.05) is 35.0 Å². The number of carboxylic acid groups (broad SMARTS) is 1. The monoisotopic (exact) mass is 319 g/mol. The van der Waals surface area contributed by atoms with Crippen LogP contribution in [0.3, 0.4) is 0 Å². The molecule has 0 atom stereocenters. The summed E-state index contributed by atoms with van der Waals surface area (Å²) in [5, 5.41) is 15.6. The maximum absolute atomic E-state index is 11.7. The highest BCUT2D eigenvalue weighted by Crippen LogP contribution is 2.25. The van der Waals surface area contributed by atoms with Crippen LogP contribution in [0, 0.1) is 0 Å². The van der Waals surface area contributed by atoms with Gasteiger partial charge in [-0.05, 0) is 18.2 Å². The summed E-state index contributed by atoms with van der Waals surface area (Å²) in [4.78, 5) is 22.2. The molecule has 0 aliphatic heterocycles. The van der Waals surface area contributed by atoms with Crippen LogP contribution < -0.4 is 5.69 Å². The van der Waals surface area contributed by atoms with Gasteiger partial charge in [-0.2, -0.15) is 0 Å². The molecule has 0 saturated carbocycles. The number of nitrogens with zero attached hydrogens (tertiary/aromatic N) is 2. The van der Waals surface area contributed by atoms with E-state index in [9.17, 15) is 9.59 Å². The van der Waals surface area contributed by atoms with Crippen molar-refractivity contribution in [3.63, 3.8) is 0 Å². The molecule has 0 aliphatic carbocycles. The van der Waals surface area contributed by atoms with Gasteiger partial charge in [0.15, 0.2) is 5.16 Å². The lowest BCUT2D eigenvalue weighted by atomic mass is 10.3. The molecule has 0 amide bonds. The molecule has 0 spiro atoms. The minimum atomic E-state index is -0.999. The third-order valence-electron chi connectivity index (χ3n) is 2.13. The van der Waals surface area contributed by atoms with Crippen LogP contribution in [-0.4, -0.2) is 31.6 Å². The number of rotatable bonds is 4. The fourth-order valence-corrected chi connectivity index (χ4v) is 2.33. The Labute approximate surface area is 121 Å². The molecule has 1 aromatic carbocycles. The SMILES string of the molecule is O=C(O)CSc1n[nH]c(=O)n1-c1ccc(Cl)c(Cl)c1. The highest BCUT2D eigenvalue weighted by atomic mass is 35.5. The zero-order chi connectivity index (χ0) is 14.0. The quantitative estimate of drug-likeness (QED) is 0.842. The fraction of sp³-hybridized carbons (Fsp3) is 0.100. The first-order valence-corrected chi connectivity index (χ1v) is 6.70. The lowest BCUT2D eigenvalue weighted by molar-refractivity contribution is -0.133. The molecular formula is C10H7Cl2N3O3S. The molecule has 0 fully saturated rings. The van der Waals surface area contributed by atoms with Crippen LogP contribution in [0.25, 0.3) is 5.69 Å². The first-order valence-electron chi connectivity index (χ1n) is 4.96. The van der Waals surface area contributed by atoms with Gasteiger partial charge < -0.3 is 5.11 Å². The Morgan fingerprint density at radius 1 is 1.42 bits per heavy atom. The van der Waals surface area contributed by atoms with Crippen molar-refractivity contribution in [2.75, 3.05) is 5.75 Å².